The maximum atomic E-state index is 6.16. The smallest absolute Gasteiger partial charge is 0.111 e. The highest BCUT2D eigenvalue weighted by Crippen LogP contribution is 2.19. The van der Waals surface area contributed by atoms with Crippen molar-refractivity contribution in [1.29, 1.82) is 0 Å². The number of morpholine rings is 1. The van der Waals surface area contributed by atoms with Crippen LogP contribution in [0.3, 0.4) is 0 Å². The van der Waals surface area contributed by atoms with E-state index in [0.29, 0.717) is 0 Å². The second kappa shape index (κ2) is 5.68. The molecule has 4 nitrogen and oxygen atoms in total. The number of rotatable bonds is 4. The molecule has 0 aliphatic carbocycles. The fourth-order valence-electron chi connectivity index (χ4n) is 1.93. The van der Waals surface area contributed by atoms with E-state index in [-0.39, 0.29) is 0 Å². The largest absolute Gasteiger partial charge is 0.379 e. The topological polar surface area (TPSA) is 40.3 Å². The second-order valence-electron chi connectivity index (χ2n) is 4.05. The number of aromatic amines is 1. The summed E-state index contributed by atoms with van der Waals surface area (Å²) in [5, 5.41) is 3.87. The van der Waals surface area contributed by atoms with Gasteiger partial charge in [0.05, 0.1) is 13.2 Å². The van der Waals surface area contributed by atoms with Crippen molar-refractivity contribution in [3.05, 3.63) is 22.5 Å². The molecule has 1 fully saturated rings. The Kier molecular flexibility index (Phi) is 4.23. The molecule has 0 atom stereocenters. The van der Waals surface area contributed by atoms with Gasteiger partial charge >= 0.3 is 0 Å². The third-order valence-electron chi connectivity index (χ3n) is 2.77. The van der Waals surface area contributed by atoms with Crippen LogP contribution in [0.2, 0.25) is 5.15 Å². The van der Waals surface area contributed by atoms with Gasteiger partial charge in [0.1, 0.15) is 5.15 Å². The van der Waals surface area contributed by atoms with Crippen LogP contribution >= 0.6 is 11.6 Å². The Morgan fingerprint density at radius 1 is 1.50 bits per heavy atom. The van der Waals surface area contributed by atoms with Crippen molar-refractivity contribution in [3.8, 4) is 0 Å². The van der Waals surface area contributed by atoms with E-state index in [4.69, 9.17) is 16.3 Å². The van der Waals surface area contributed by atoms with Gasteiger partial charge in [-0.15, -0.1) is 0 Å². The Morgan fingerprint density at radius 2 is 2.25 bits per heavy atom. The van der Waals surface area contributed by atoms with Crippen molar-refractivity contribution >= 4 is 11.6 Å². The number of nitrogens with zero attached hydrogens (tertiary/aromatic N) is 1. The van der Waals surface area contributed by atoms with Crippen LogP contribution in [0.25, 0.3) is 0 Å². The number of ether oxygens (including phenoxy) is 1. The lowest BCUT2D eigenvalue weighted by molar-refractivity contribution is 0.0342. The molecule has 0 bridgehead atoms. The second-order valence-corrected chi connectivity index (χ2v) is 4.43. The van der Waals surface area contributed by atoms with E-state index in [1.54, 1.807) is 0 Å². The van der Waals surface area contributed by atoms with Gasteiger partial charge in [0.2, 0.25) is 0 Å². The molecule has 1 aromatic heterocycles. The quantitative estimate of drug-likeness (QED) is 0.836. The van der Waals surface area contributed by atoms with Gasteiger partial charge in [0.25, 0.3) is 0 Å². The number of halogens is 1. The summed E-state index contributed by atoms with van der Waals surface area (Å²) >= 11 is 6.16. The van der Waals surface area contributed by atoms with Gasteiger partial charge in [-0.2, -0.15) is 0 Å². The molecule has 1 saturated heterocycles. The molecule has 16 heavy (non-hydrogen) atoms. The predicted molar refractivity (Wildman–Crippen MR) is 64.7 cm³/mol. The molecule has 5 heteroatoms. The molecule has 90 valence electrons. The normalized spacial score (nSPS) is 17.9. The Labute approximate surface area is 101 Å². The number of nitrogens with one attached hydrogen (secondary N) is 2. The zero-order valence-corrected chi connectivity index (χ0v) is 10.3. The van der Waals surface area contributed by atoms with E-state index >= 15 is 0 Å². The van der Waals surface area contributed by atoms with Gasteiger partial charge in [-0.05, 0) is 13.1 Å². The summed E-state index contributed by atoms with van der Waals surface area (Å²) in [4.78, 5) is 5.54. The van der Waals surface area contributed by atoms with Crippen LogP contribution in [0.1, 0.15) is 11.3 Å². The summed E-state index contributed by atoms with van der Waals surface area (Å²) in [5.74, 6) is 0. The molecule has 1 aliphatic rings. The van der Waals surface area contributed by atoms with Crippen molar-refractivity contribution in [2.24, 2.45) is 0 Å². The monoisotopic (exact) mass is 243 g/mol. The first-order valence-corrected chi connectivity index (χ1v) is 5.98. The number of hydrogen-bond acceptors (Lipinski definition) is 3. The lowest BCUT2D eigenvalue weighted by atomic mass is 10.2. The molecule has 0 amide bonds. The van der Waals surface area contributed by atoms with Crippen LogP contribution in [-0.2, 0) is 17.8 Å². The molecule has 2 N–H and O–H groups in total. The maximum absolute atomic E-state index is 6.16. The molecular weight excluding hydrogens is 226 g/mol. The average molecular weight is 244 g/mol. The highest BCUT2D eigenvalue weighted by atomic mass is 35.5. The Balaban J connectivity index is 1.96. The van der Waals surface area contributed by atoms with Crippen LogP contribution < -0.4 is 5.32 Å². The number of hydrogen-bond donors (Lipinski definition) is 2. The van der Waals surface area contributed by atoms with Crippen LogP contribution in [-0.4, -0.2) is 43.2 Å². The highest BCUT2D eigenvalue weighted by Gasteiger charge is 2.13. The fraction of sp³-hybridized carbons (Fsp3) is 0.636. The van der Waals surface area contributed by atoms with Gasteiger partial charge in [-0.25, -0.2) is 0 Å². The molecule has 0 unspecified atom stereocenters. The fourth-order valence-corrected chi connectivity index (χ4v) is 2.17. The predicted octanol–water partition coefficient (Wildman–Crippen LogP) is 1.22. The Hall–Kier alpha value is -0.550. The number of aromatic nitrogens is 1. The highest BCUT2D eigenvalue weighted by molar-refractivity contribution is 6.30. The van der Waals surface area contributed by atoms with Crippen molar-refractivity contribution in [3.63, 3.8) is 0 Å². The standard InChI is InChI=1S/C11H18ClN3O/c1-13-7-10-6-9(11(12)14-10)8-15-2-4-16-5-3-15/h6,13-14H,2-5,7-8H2,1H3. The van der Waals surface area contributed by atoms with Crippen LogP contribution in [0.5, 0.6) is 0 Å². The van der Waals surface area contributed by atoms with E-state index < -0.39 is 0 Å². The zero-order valence-electron chi connectivity index (χ0n) is 9.55. The minimum atomic E-state index is 0.761. The SMILES string of the molecule is CNCc1cc(CN2CCOCC2)c(Cl)[nH]1. The van der Waals surface area contributed by atoms with Crippen molar-refractivity contribution < 1.29 is 4.74 Å². The van der Waals surface area contributed by atoms with E-state index in [1.165, 1.54) is 5.56 Å². The summed E-state index contributed by atoms with van der Waals surface area (Å²) < 4.78 is 5.32. The first kappa shape index (κ1) is 11.9. The summed E-state index contributed by atoms with van der Waals surface area (Å²) in [6.45, 7) is 5.35. The van der Waals surface area contributed by atoms with E-state index in [1.807, 2.05) is 7.05 Å². The Bertz CT molecular complexity index is 334. The van der Waals surface area contributed by atoms with Crippen molar-refractivity contribution in [2.45, 2.75) is 13.1 Å². The van der Waals surface area contributed by atoms with Crippen molar-refractivity contribution in [1.82, 2.24) is 15.2 Å². The van der Waals surface area contributed by atoms with Crippen LogP contribution in [0.4, 0.5) is 0 Å². The molecule has 1 aliphatic heterocycles. The minimum absolute atomic E-state index is 0.761. The summed E-state index contributed by atoms with van der Waals surface area (Å²) in [7, 11) is 1.93. The van der Waals surface area contributed by atoms with Crippen LogP contribution in [0, 0.1) is 0 Å². The molecular formula is C11H18ClN3O. The van der Waals surface area contributed by atoms with E-state index in [2.05, 4.69) is 21.3 Å². The molecule has 0 radical (unpaired) electrons. The number of H-pyrrole nitrogens is 1. The molecule has 1 aromatic rings. The van der Waals surface area contributed by atoms with E-state index in [0.717, 1.165) is 50.2 Å². The Morgan fingerprint density at radius 3 is 2.94 bits per heavy atom. The van der Waals surface area contributed by atoms with Crippen molar-refractivity contribution in [2.75, 3.05) is 33.4 Å². The first-order chi connectivity index (χ1) is 7.79. The minimum Gasteiger partial charge on any atom is -0.379 e. The zero-order chi connectivity index (χ0) is 11.4. The molecule has 0 spiro atoms. The van der Waals surface area contributed by atoms with Gasteiger partial charge in [0, 0.05) is 37.4 Å². The first-order valence-electron chi connectivity index (χ1n) is 5.60. The van der Waals surface area contributed by atoms with Gasteiger partial charge in [0.15, 0.2) is 0 Å². The van der Waals surface area contributed by atoms with Gasteiger partial charge in [-0.1, -0.05) is 11.6 Å². The lowest BCUT2D eigenvalue weighted by Crippen LogP contribution is -2.35. The third-order valence-corrected chi connectivity index (χ3v) is 3.10. The third kappa shape index (κ3) is 2.98. The average Bonchev–Trinajstić information content (AvgIpc) is 2.61. The van der Waals surface area contributed by atoms with Gasteiger partial charge in [-0.3, -0.25) is 4.90 Å². The summed E-state index contributed by atoms with van der Waals surface area (Å²) in [6.07, 6.45) is 0. The molecule has 0 aromatic carbocycles. The molecule has 0 saturated carbocycles. The maximum Gasteiger partial charge on any atom is 0.111 e. The van der Waals surface area contributed by atoms with Gasteiger partial charge < -0.3 is 15.0 Å². The summed E-state index contributed by atoms with van der Waals surface area (Å²) in [6, 6.07) is 2.13. The lowest BCUT2D eigenvalue weighted by Gasteiger charge is -2.26. The molecule has 2 heterocycles. The summed E-state index contributed by atoms with van der Waals surface area (Å²) in [5.41, 5.74) is 2.31. The molecule has 2 rings (SSSR count). The van der Waals surface area contributed by atoms with Crippen LogP contribution in [0.15, 0.2) is 6.07 Å². The van der Waals surface area contributed by atoms with E-state index in [9.17, 15) is 0 Å².